The number of hydrogen-bond acceptors (Lipinski definition) is 6. The lowest BCUT2D eigenvalue weighted by Gasteiger charge is -2.22. The average Bonchev–Trinajstić information content (AvgIpc) is 3.26. The largest absolute Gasteiger partial charge is 0.375 e. The van der Waals surface area contributed by atoms with Gasteiger partial charge in [0.1, 0.15) is 6.54 Å². The van der Waals surface area contributed by atoms with E-state index < -0.39 is 0 Å². The standard InChI is InChI=1S/C25H23N5O2S/c26-25-29-22(17-33-25)19-9-11-20(12-10-19)28-23(31)16-30(15-18-6-2-1-3-7-18)24(32)14-21-8-4-5-13-27-21/h1-13,17H,14-16H2,(H2,26,29)(H,28,31). The number of nitrogens with zero attached hydrogens (tertiary/aromatic N) is 3. The van der Waals surface area contributed by atoms with Crippen LogP contribution in [-0.4, -0.2) is 33.2 Å². The number of nitrogen functional groups attached to an aromatic ring is 1. The van der Waals surface area contributed by atoms with Crippen LogP contribution in [0.15, 0.2) is 84.4 Å². The van der Waals surface area contributed by atoms with Crippen molar-refractivity contribution in [3.63, 3.8) is 0 Å². The maximum atomic E-state index is 13.0. The summed E-state index contributed by atoms with van der Waals surface area (Å²) in [5.74, 6) is -0.435. The van der Waals surface area contributed by atoms with Gasteiger partial charge >= 0.3 is 0 Å². The molecule has 0 saturated heterocycles. The van der Waals surface area contributed by atoms with Crippen LogP contribution < -0.4 is 11.1 Å². The van der Waals surface area contributed by atoms with Gasteiger partial charge in [0.15, 0.2) is 5.13 Å². The van der Waals surface area contributed by atoms with Crippen LogP contribution in [0.5, 0.6) is 0 Å². The van der Waals surface area contributed by atoms with Crippen LogP contribution in [0.4, 0.5) is 10.8 Å². The third-order valence-corrected chi connectivity index (χ3v) is 5.62. The second kappa shape index (κ2) is 10.5. The van der Waals surface area contributed by atoms with E-state index in [0.29, 0.717) is 23.1 Å². The van der Waals surface area contributed by atoms with Crippen molar-refractivity contribution in [2.75, 3.05) is 17.6 Å². The number of hydrogen-bond donors (Lipinski definition) is 2. The normalized spacial score (nSPS) is 10.5. The van der Waals surface area contributed by atoms with Crippen molar-refractivity contribution in [3.8, 4) is 11.3 Å². The average molecular weight is 458 g/mol. The molecular weight excluding hydrogens is 434 g/mol. The van der Waals surface area contributed by atoms with E-state index in [1.165, 1.54) is 11.3 Å². The van der Waals surface area contributed by atoms with Crippen molar-refractivity contribution in [1.82, 2.24) is 14.9 Å². The van der Waals surface area contributed by atoms with Crippen molar-refractivity contribution < 1.29 is 9.59 Å². The number of pyridine rings is 1. The second-order valence-corrected chi connectivity index (χ2v) is 8.32. The van der Waals surface area contributed by atoms with Gasteiger partial charge in [0.05, 0.1) is 12.1 Å². The summed E-state index contributed by atoms with van der Waals surface area (Å²) in [4.78, 5) is 35.8. The SMILES string of the molecule is Nc1nc(-c2ccc(NC(=O)CN(Cc3ccccc3)C(=O)Cc3ccccn3)cc2)cs1. The maximum Gasteiger partial charge on any atom is 0.244 e. The third-order valence-electron chi connectivity index (χ3n) is 4.95. The fourth-order valence-corrected chi connectivity index (χ4v) is 3.90. The quantitative estimate of drug-likeness (QED) is 0.417. The molecule has 0 spiro atoms. The lowest BCUT2D eigenvalue weighted by molar-refractivity contribution is -0.134. The lowest BCUT2D eigenvalue weighted by atomic mass is 10.1. The van der Waals surface area contributed by atoms with Gasteiger partial charge in [0, 0.05) is 35.1 Å². The molecule has 0 atom stereocenters. The van der Waals surface area contributed by atoms with E-state index in [1.807, 2.05) is 53.9 Å². The van der Waals surface area contributed by atoms with E-state index in [1.54, 1.807) is 35.4 Å². The molecule has 2 heterocycles. The van der Waals surface area contributed by atoms with E-state index >= 15 is 0 Å². The molecule has 8 heteroatoms. The van der Waals surface area contributed by atoms with Crippen LogP contribution in [0.1, 0.15) is 11.3 Å². The number of nitrogens with two attached hydrogens (primary N) is 1. The Morgan fingerprint density at radius 1 is 0.970 bits per heavy atom. The van der Waals surface area contributed by atoms with E-state index in [2.05, 4.69) is 15.3 Å². The summed E-state index contributed by atoms with van der Waals surface area (Å²) in [5.41, 5.74) is 9.67. The van der Waals surface area contributed by atoms with Crippen molar-refractivity contribution in [1.29, 1.82) is 0 Å². The van der Waals surface area contributed by atoms with Crippen molar-refractivity contribution in [2.45, 2.75) is 13.0 Å². The fraction of sp³-hybridized carbons (Fsp3) is 0.120. The van der Waals surface area contributed by atoms with Crippen LogP contribution >= 0.6 is 11.3 Å². The molecule has 7 nitrogen and oxygen atoms in total. The molecule has 4 aromatic rings. The van der Waals surface area contributed by atoms with Crippen molar-refractivity contribution in [3.05, 3.63) is 95.6 Å². The number of thiazole rings is 1. The molecule has 166 valence electrons. The molecule has 0 aliphatic heterocycles. The minimum atomic E-state index is -0.272. The first-order valence-electron chi connectivity index (χ1n) is 10.4. The van der Waals surface area contributed by atoms with Gasteiger partial charge < -0.3 is 16.0 Å². The highest BCUT2D eigenvalue weighted by atomic mass is 32.1. The molecular formula is C25H23N5O2S. The minimum absolute atomic E-state index is 0.0646. The molecule has 0 saturated carbocycles. The number of carbonyl (C=O) groups is 2. The third kappa shape index (κ3) is 6.24. The van der Waals surface area contributed by atoms with Gasteiger partial charge in [0.25, 0.3) is 0 Å². The summed E-state index contributed by atoms with van der Waals surface area (Å²) in [7, 11) is 0. The van der Waals surface area contributed by atoms with E-state index in [9.17, 15) is 9.59 Å². The Kier molecular flexibility index (Phi) is 7.06. The van der Waals surface area contributed by atoms with Gasteiger partial charge in [-0.25, -0.2) is 4.98 Å². The molecule has 33 heavy (non-hydrogen) atoms. The molecule has 0 unspecified atom stereocenters. The minimum Gasteiger partial charge on any atom is -0.375 e. The molecule has 0 radical (unpaired) electrons. The van der Waals surface area contributed by atoms with Gasteiger partial charge in [0.2, 0.25) is 11.8 Å². The van der Waals surface area contributed by atoms with Crippen molar-refractivity contribution in [2.24, 2.45) is 0 Å². The Hall–Kier alpha value is -4.04. The number of nitrogens with one attached hydrogen (secondary N) is 1. The smallest absolute Gasteiger partial charge is 0.244 e. The highest BCUT2D eigenvalue weighted by Gasteiger charge is 2.19. The molecule has 2 aromatic carbocycles. The molecule has 2 aromatic heterocycles. The first kappa shape index (κ1) is 22.2. The molecule has 4 rings (SSSR count). The topological polar surface area (TPSA) is 101 Å². The number of carbonyl (C=O) groups excluding carboxylic acids is 2. The Bertz CT molecular complexity index is 1210. The number of aromatic nitrogens is 2. The van der Waals surface area contributed by atoms with Gasteiger partial charge in [-0.2, -0.15) is 0 Å². The van der Waals surface area contributed by atoms with Crippen LogP contribution in [0, 0.1) is 0 Å². The predicted octanol–water partition coefficient (Wildman–Crippen LogP) is 4.00. The van der Waals surface area contributed by atoms with Gasteiger partial charge in [-0.05, 0) is 29.8 Å². The van der Waals surface area contributed by atoms with Gasteiger partial charge in [-0.3, -0.25) is 14.6 Å². The van der Waals surface area contributed by atoms with E-state index in [-0.39, 0.29) is 24.8 Å². The molecule has 0 fully saturated rings. The van der Waals surface area contributed by atoms with Gasteiger partial charge in [-0.15, -0.1) is 11.3 Å². The predicted molar refractivity (Wildman–Crippen MR) is 130 cm³/mol. The highest BCUT2D eigenvalue weighted by Crippen LogP contribution is 2.24. The second-order valence-electron chi connectivity index (χ2n) is 7.43. The first-order valence-corrected chi connectivity index (χ1v) is 11.3. The number of anilines is 2. The zero-order chi connectivity index (χ0) is 23.0. The lowest BCUT2D eigenvalue weighted by Crippen LogP contribution is -2.38. The Balaban J connectivity index is 1.43. The summed E-state index contributed by atoms with van der Waals surface area (Å²) >= 11 is 1.38. The number of rotatable bonds is 8. The zero-order valence-electron chi connectivity index (χ0n) is 17.8. The van der Waals surface area contributed by atoms with Gasteiger partial charge in [-0.1, -0.05) is 48.5 Å². The van der Waals surface area contributed by atoms with Crippen LogP contribution in [0.3, 0.4) is 0 Å². The molecule has 0 bridgehead atoms. The highest BCUT2D eigenvalue weighted by molar-refractivity contribution is 7.13. The summed E-state index contributed by atoms with van der Waals surface area (Å²) in [6.45, 7) is 0.273. The molecule has 3 N–H and O–H groups in total. The summed E-state index contributed by atoms with van der Waals surface area (Å²) < 4.78 is 0. The summed E-state index contributed by atoms with van der Waals surface area (Å²) in [5, 5.41) is 5.27. The fourth-order valence-electron chi connectivity index (χ4n) is 3.32. The first-order chi connectivity index (χ1) is 16.1. The van der Waals surface area contributed by atoms with Crippen molar-refractivity contribution >= 4 is 34.0 Å². The Morgan fingerprint density at radius 2 is 1.73 bits per heavy atom. The molecule has 0 aliphatic rings. The number of benzene rings is 2. The summed E-state index contributed by atoms with van der Waals surface area (Å²) in [6, 6.07) is 22.4. The Morgan fingerprint density at radius 3 is 2.39 bits per heavy atom. The summed E-state index contributed by atoms with van der Waals surface area (Å²) in [6.07, 6.45) is 1.78. The Labute approximate surface area is 195 Å². The molecule has 2 amide bonds. The van der Waals surface area contributed by atoms with Crippen LogP contribution in [-0.2, 0) is 22.6 Å². The number of amides is 2. The zero-order valence-corrected chi connectivity index (χ0v) is 18.7. The van der Waals surface area contributed by atoms with Crippen LogP contribution in [0.2, 0.25) is 0 Å². The van der Waals surface area contributed by atoms with E-state index in [4.69, 9.17) is 5.73 Å². The van der Waals surface area contributed by atoms with E-state index in [0.717, 1.165) is 16.8 Å². The maximum absolute atomic E-state index is 13.0. The molecule has 0 aliphatic carbocycles. The van der Waals surface area contributed by atoms with Crippen LogP contribution in [0.25, 0.3) is 11.3 Å². The monoisotopic (exact) mass is 457 g/mol.